The summed E-state index contributed by atoms with van der Waals surface area (Å²) in [6.07, 6.45) is 0.162. The van der Waals surface area contributed by atoms with Gasteiger partial charge in [0, 0.05) is 14.1 Å². The second-order valence-electron chi connectivity index (χ2n) is 2.19. The highest BCUT2D eigenvalue weighted by molar-refractivity contribution is 5.59. The molecule has 0 N–H and O–H groups in total. The third-order valence-electron chi connectivity index (χ3n) is 0.735. The predicted octanol–water partition coefficient (Wildman–Crippen LogP) is 0.884. The molecule has 0 spiro atoms. The number of hydrogen-bond donors (Lipinski definition) is 0. The van der Waals surface area contributed by atoms with E-state index >= 15 is 0 Å². The molecule has 1 amide bonds. The van der Waals surface area contributed by atoms with Gasteiger partial charge in [0.05, 0.1) is 13.2 Å². The minimum atomic E-state index is -0.588. The first kappa shape index (κ1) is 14.3. The fraction of sp³-hybridized carbons (Fsp3) is 0.750. The first-order chi connectivity index (χ1) is 6.08. The SMILES string of the molecule is CCOC(=O)OCC.CN(C)C=O. The van der Waals surface area contributed by atoms with Crippen molar-refractivity contribution >= 4 is 12.6 Å². The number of nitrogens with zero attached hydrogens (tertiary/aromatic N) is 1. The monoisotopic (exact) mass is 191 g/mol. The van der Waals surface area contributed by atoms with Crippen molar-refractivity contribution in [1.82, 2.24) is 4.90 Å². The lowest BCUT2D eigenvalue weighted by Gasteiger charge is -1.98. The van der Waals surface area contributed by atoms with Crippen molar-refractivity contribution in [3.8, 4) is 0 Å². The normalized spacial score (nSPS) is 7.69. The molecule has 0 radical (unpaired) electrons. The Morgan fingerprint density at radius 3 is 1.69 bits per heavy atom. The van der Waals surface area contributed by atoms with Gasteiger partial charge in [-0.1, -0.05) is 0 Å². The highest BCUT2D eigenvalue weighted by Gasteiger charge is 1.96. The first-order valence-corrected chi connectivity index (χ1v) is 3.99. The van der Waals surface area contributed by atoms with E-state index in [0.717, 1.165) is 6.41 Å². The molecule has 0 unspecified atom stereocenters. The lowest BCUT2D eigenvalue weighted by molar-refractivity contribution is -0.115. The van der Waals surface area contributed by atoms with Gasteiger partial charge in [-0.3, -0.25) is 4.79 Å². The van der Waals surface area contributed by atoms with E-state index in [4.69, 9.17) is 0 Å². The van der Waals surface area contributed by atoms with Crippen molar-refractivity contribution in [1.29, 1.82) is 0 Å². The molecule has 0 bridgehead atoms. The highest BCUT2D eigenvalue weighted by Crippen LogP contribution is 1.81. The van der Waals surface area contributed by atoms with Gasteiger partial charge in [0.1, 0.15) is 0 Å². The molecule has 0 heterocycles. The molecular weight excluding hydrogens is 174 g/mol. The summed E-state index contributed by atoms with van der Waals surface area (Å²) in [6.45, 7) is 4.21. The van der Waals surface area contributed by atoms with E-state index < -0.39 is 6.16 Å². The maximum Gasteiger partial charge on any atom is 0.508 e. The zero-order chi connectivity index (χ0) is 10.7. The Balaban J connectivity index is 0. The maximum atomic E-state index is 10.2. The molecule has 0 rings (SSSR count). The lowest BCUT2D eigenvalue weighted by Crippen LogP contribution is -2.06. The standard InChI is InChI=1S/C5H10O3.C3H7NO/c1-3-7-5(6)8-4-2;1-4(2)3-5/h3-4H2,1-2H3;3H,1-2H3. The first-order valence-electron chi connectivity index (χ1n) is 3.99. The largest absolute Gasteiger partial charge is 0.508 e. The van der Waals surface area contributed by atoms with E-state index in [1.54, 1.807) is 27.9 Å². The molecule has 0 aromatic rings. The van der Waals surface area contributed by atoms with Gasteiger partial charge in [-0.2, -0.15) is 0 Å². The molecular formula is C8H17NO4. The van der Waals surface area contributed by atoms with Crippen LogP contribution in [0.1, 0.15) is 13.8 Å². The lowest BCUT2D eigenvalue weighted by atomic mass is 10.8. The van der Waals surface area contributed by atoms with Gasteiger partial charge in [-0.15, -0.1) is 0 Å². The van der Waals surface area contributed by atoms with Gasteiger partial charge in [0.15, 0.2) is 0 Å². The molecule has 0 aliphatic carbocycles. The Kier molecular flexibility index (Phi) is 11.8. The average Bonchev–Trinajstić information content (AvgIpc) is 2.06. The molecule has 0 saturated carbocycles. The van der Waals surface area contributed by atoms with Gasteiger partial charge in [0.25, 0.3) is 0 Å². The van der Waals surface area contributed by atoms with Crippen molar-refractivity contribution in [2.24, 2.45) is 0 Å². The van der Waals surface area contributed by atoms with E-state index in [2.05, 4.69) is 9.47 Å². The van der Waals surface area contributed by atoms with Crippen molar-refractivity contribution in [3.05, 3.63) is 0 Å². The maximum absolute atomic E-state index is 10.2. The van der Waals surface area contributed by atoms with Gasteiger partial charge in [-0.05, 0) is 13.8 Å². The number of carbonyl (C=O) groups excluding carboxylic acids is 2. The Morgan fingerprint density at radius 2 is 1.54 bits per heavy atom. The van der Waals surface area contributed by atoms with Crippen LogP contribution in [0.25, 0.3) is 0 Å². The van der Waals surface area contributed by atoms with E-state index in [0.29, 0.717) is 13.2 Å². The molecule has 0 aromatic carbocycles. The van der Waals surface area contributed by atoms with Crippen LogP contribution in [0.5, 0.6) is 0 Å². The molecule has 0 aliphatic heterocycles. The third-order valence-corrected chi connectivity index (χ3v) is 0.735. The van der Waals surface area contributed by atoms with Crippen molar-refractivity contribution in [3.63, 3.8) is 0 Å². The van der Waals surface area contributed by atoms with E-state index in [1.165, 1.54) is 4.90 Å². The second-order valence-corrected chi connectivity index (χ2v) is 2.19. The Hall–Kier alpha value is -1.26. The third kappa shape index (κ3) is 18.1. The Labute approximate surface area is 78.6 Å². The molecule has 5 nitrogen and oxygen atoms in total. The molecule has 0 aromatic heterocycles. The summed E-state index contributed by atoms with van der Waals surface area (Å²) in [5, 5.41) is 0. The average molecular weight is 191 g/mol. The molecule has 78 valence electrons. The molecule has 0 saturated heterocycles. The van der Waals surface area contributed by atoms with Crippen LogP contribution >= 0.6 is 0 Å². The fourth-order valence-corrected chi connectivity index (χ4v) is 0.277. The highest BCUT2D eigenvalue weighted by atomic mass is 16.7. The zero-order valence-corrected chi connectivity index (χ0v) is 8.57. The van der Waals surface area contributed by atoms with Crippen LogP contribution < -0.4 is 0 Å². The predicted molar refractivity (Wildman–Crippen MR) is 48.4 cm³/mol. The molecule has 0 fully saturated rings. The summed E-state index contributed by atoms with van der Waals surface area (Å²) < 4.78 is 8.84. The van der Waals surface area contributed by atoms with E-state index in [-0.39, 0.29) is 0 Å². The quantitative estimate of drug-likeness (QED) is 0.491. The summed E-state index contributed by atoms with van der Waals surface area (Å²) in [5.41, 5.74) is 0. The summed E-state index contributed by atoms with van der Waals surface area (Å²) in [6, 6.07) is 0. The van der Waals surface area contributed by atoms with Crippen LogP contribution in [0.15, 0.2) is 0 Å². The number of hydrogen-bond acceptors (Lipinski definition) is 4. The van der Waals surface area contributed by atoms with Crippen LogP contribution in [0.2, 0.25) is 0 Å². The van der Waals surface area contributed by atoms with Crippen LogP contribution in [0.4, 0.5) is 4.79 Å². The number of amides is 1. The molecule has 0 atom stereocenters. The molecule has 0 aliphatic rings. The molecule has 13 heavy (non-hydrogen) atoms. The number of carbonyl (C=O) groups is 2. The van der Waals surface area contributed by atoms with Crippen LogP contribution in [0, 0.1) is 0 Å². The van der Waals surface area contributed by atoms with E-state index in [1.807, 2.05) is 0 Å². The summed E-state index contributed by atoms with van der Waals surface area (Å²) >= 11 is 0. The smallest absolute Gasteiger partial charge is 0.435 e. The summed E-state index contributed by atoms with van der Waals surface area (Å²) in [4.78, 5) is 21.1. The zero-order valence-electron chi connectivity index (χ0n) is 8.57. The number of ether oxygens (including phenoxy) is 2. The Morgan fingerprint density at radius 1 is 1.23 bits per heavy atom. The van der Waals surface area contributed by atoms with Crippen LogP contribution in [-0.4, -0.2) is 44.8 Å². The van der Waals surface area contributed by atoms with Gasteiger partial charge >= 0.3 is 6.16 Å². The minimum absolute atomic E-state index is 0.374. The molecule has 5 heteroatoms. The second kappa shape index (κ2) is 10.7. The van der Waals surface area contributed by atoms with Crippen LogP contribution in [0.3, 0.4) is 0 Å². The van der Waals surface area contributed by atoms with Crippen LogP contribution in [-0.2, 0) is 14.3 Å². The van der Waals surface area contributed by atoms with Crippen molar-refractivity contribution < 1.29 is 19.1 Å². The summed E-state index contributed by atoms with van der Waals surface area (Å²) in [5.74, 6) is 0. The topological polar surface area (TPSA) is 55.8 Å². The Bertz CT molecular complexity index is 128. The van der Waals surface area contributed by atoms with E-state index in [9.17, 15) is 9.59 Å². The minimum Gasteiger partial charge on any atom is -0.435 e. The van der Waals surface area contributed by atoms with Crippen molar-refractivity contribution in [2.45, 2.75) is 13.8 Å². The van der Waals surface area contributed by atoms with Gasteiger partial charge in [-0.25, -0.2) is 4.79 Å². The summed E-state index contributed by atoms with van der Waals surface area (Å²) in [7, 11) is 3.38. The van der Waals surface area contributed by atoms with Gasteiger partial charge in [0.2, 0.25) is 6.41 Å². The van der Waals surface area contributed by atoms with Gasteiger partial charge < -0.3 is 14.4 Å². The fourth-order valence-electron chi connectivity index (χ4n) is 0.277. The number of rotatable bonds is 3. The van der Waals surface area contributed by atoms with Crippen molar-refractivity contribution in [2.75, 3.05) is 27.3 Å².